The number of carbonyl (C=O) groups excluding carboxylic acids is 3. The van der Waals surface area contributed by atoms with Gasteiger partial charge in [-0.2, -0.15) is 0 Å². The van der Waals surface area contributed by atoms with Gasteiger partial charge in [-0.3, -0.25) is 19.3 Å². The Balaban J connectivity index is 1.51. The molecule has 0 saturated carbocycles. The van der Waals surface area contributed by atoms with Crippen molar-refractivity contribution in [2.45, 2.75) is 19.3 Å². The van der Waals surface area contributed by atoms with Crippen LogP contribution in [0.5, 0.6) is 5.75 Å². The van der Waals surface area contributed by atoms with E-state index in [1.165, 1.54) is 16.7 Å². The van der Waals surface area contributed by atoms with Crippen molar-refractivity contribution in [2.24, 2.45) is 0 Å². The monoisotopic (exact) mass is 433 g/mol. The molecule has 2 heterocycles. The molecular formula is C20H23N3O4S2. The van der Waals surface area contributed by atoms with Gasteiger partial charge in [-0.25, -0.2) is 0 Å². The van der Waals surface area contributed by atoms with Crippen LogP contribution in [0.3, 0.4) is 0 Å². The first-order valence-corrected chi connectivity index (χ1v) is 10.6. The van der Waals surface area contributed by atoms with Crippen LogP contribution in [0.2, 0.25) is 0 Å². The van der Waals surface area contributed by atoms with Crippen LogP contribution in [0.15, 0.2) is 29.2 Å². The van der Waals surface area contributed by atoms with E-state index in [2.05, 4.69) is 5.32 Å². The van der Waals surface area contributed by atoms with Crippen LogP contribution in [0, 0.1) is 0 Å². The summed E-state index contributed by atoms with van der Waals surface area (Å²) in [6.45, 7) is 1.77. The SMILES string of the molecule is COc1ccccc1/C=C1\SC(=S)N(CC(=O)NCCCN2CCCC2=O)C1=O. The minimum absolute atomic E-state index is 0.115. The van der Waals surface area contributed by atoms with E-state index in [1.807, 2.05) is 29.2 Å². The zero-order valence-electron chi connectivity index (χ0n) is 16.2. The van der Waals surface area contributed by atoms with Gasteiger partial charge in [0, 0.05) is 31.6 Å². The highest BCUT2D eigenvalue weighted by molar-refractivity contribution is 8.26. The lowest BCUT2D eigenvalue weighted by atomic mass is 10.2. The van der Waals surface area contributed by atoms with Crippen LogP contribution in [0.25, 0.3) is 6.08 Å². The van der Waals surface area contributed by atoms with Crippen LogP contribution < -0.4 is 10.1 Å². The second-order valence-electron chi connectivity index (χ2n) is 6.70. The fraction of sp³-hybridized carbons (Fsp3) is 0.400. The summed E-state index contributed by atoms with van der Waals surface area (Å²) in [6.07, 6.45) is 3.93. The fourth-order valence-electron chi connectivity index (χ4n) is 3.20. The smallest absolute Gasteiger partial charge is 0.266 e. The van der Waals surface area contributed by atoms with E-state index < -0.39 is 0 Å². The standard InChI is InChI=1S/C20H23N3O4S2/c1-27-15-7-3-2-6-14(15)12-16-19(26)23(20(28)29-16)13-17(24)21-9-5-11-22-10-4-8-18(22)25/h2-3,6-7,12H,4-5,8-11,13H2,1H3,(H,21,24)/b16-12-. The number of likely N-dealkylation sites (tertiary alicyclic amines) is 1. The summed E-state index contributed by atoms with van der Waals surface area (Å²) < 4.78 is 5.66. The largest absolute Gasteiger partial charge is 0.496 e. The van der Waals surface area contributed by atoms with Gasteiger partial charge >= 0.3 is 0 Å². The lowest BCUT2D eigenvalue weighted by molar-refractivity contribution is -0.129. The minimum Gasteiger partial charge on any atom is -0.496 e. The van der Waals surface area contributed by atoms with Crippen molar-refractivity contribution in [3.05, 3.63) is 34.7 Å². The molecule has 3 rings (SSSR count). The Kier molecular flexibility index (Phi) is 7.27. The number of nitrogens with zero attached hydrogens (tertiary/aromatic N) is 2. The molecule has 154 valence electrons. The van der Waals surface area contributed by atoms with E-state index in [4.69, 9.17) is 17.0 Å². The first kappa shape index (κ1) is 21.3. The Morgan fingerprint density at radius 1 is 1.34 bits per heavy atom. The summed E-state index contributed by atoms with van der Waals surface area (Å²) in [4.78, 5) is 40.1. The predicted molar refractivity (Wildman–Crippen MR) is 116 cm³/mol. The van der Waals surface area contributed by atoms with Gasteiger partial charge in [-0.05, 0) is 25.0 Å². The quantitative estimate of drug-likeness (QED) is 0.384. The molecule has 29 heavy (non-hydrogen) atoms. The van der Waals surface area contributed by atoms with Crippen LogP contribution in [-0.2, 0) is 14.4 Å². The third-order valence-corrected chi connectivity index (χ3v) is 6.08. The maximum atomic E-state index is 12.7. The van der Waals surface area contributed by atoms with Crippen molar-refractivity contribution in [3.8, 4) is 5.75 Å². The average molecular weight is 434 g/mol. The summed E-state index contributed by atoms with van der Waals surface area (Å²) in [5.74, 6) is 0.277. The van der Waals surface area contributed by atoms with Gasteiger partial charge in [0.15, 0.2) is 0 Å². The van der Waals surface area contributed by atoms with E-state index in [0.29, 0.717) is 40.9 Å². The number of hydrogen-bond acceptors (Lipinski definition) is 6. The summed E-state index contributed by atoms with van der Waals surface area (Å²) in [5, 5.41) is 2.79. The first-order valence-electron chi connectivity index (χ1n) is 9.42. The van der Waals surface area contributed by atoms with Crippen LogP contribution in [-0.4, -0.2) is 65.1 Å². The Bertz CT molecular complexity index is 856. The molecule has 2 fully saturated rings. The van der Waals surface area contributed by atoms with Crippen LogP contribution in [0.4, 0.5) is 0 Å². The molecule has 1 N–H and O–H groups in total. The molecule has 2 aliphatic heterocycles. The topological polar surface area (TPSA) is 79.0 Å². The Labute approximate surface area is 179 Å². The number of thiocarbonyl (C=S) groups is 1. The van der Waals surface area contributed by atoms with Crippen molar-refractivity contribution >= 4 is 52.1 Å². The molecule has 7 nitrogen and oxygen atoms in total. The van der Waals surface area contributed by atoms with Gasteiger partial charge in [0.05, 0.1) is 12.0 Å². The van der Waals surface area contributed by atoms with Crippen molar-refractivity contribution < 1.29 is 19.1 Å². The lowest BCUT2D eigenvalue weighted by Crippen LogP contribution is -2.40. The molecule has 1 aromatic carbocycles. The molecule has 0 aliphatic carbocycles. The molecular weight excluding hydrogens is 410 g/mol. The van der Waals surface area contributed by atoms with Crippen molar-refractivity contribution in [2.75, 3.05) is 33.3 Å². The summed E-state index contributed by atoms with van der Waals surface area (Å²) in [7, 11) is 1.57. The van der Waals surface area contributed by atoms with Gasteiger partial charge in [0.1, 0.15) is 16.6 Å². The second-order valence-corrected chi connectivity index (χ2v) is 8.37. The molecule has 1 aromatic rings. The van der Waals surface area contributed by atoms with Crippen molar-refractivity contribution in [1.82, 2.24) is 15.1 Å². The Morgan fingerprint density at radius 3 is 2.86 bits per heavy atom. The van der Waals surface area contributed by atoms with E-state index in [-0.39, 0.29) is 24.3 Å². The van der Waals surface area contributed by atoms with Gasteiger partial charge in [-0.1, -0.05) is 42.2 Å². The Morgan fingerprint density at radius 2 is 2.14 bits per heavy atom. The zero-order valence-corrected chi connectivity index (χ0v) is 17.8. The Hall–Kier alpha value is -2.39. The summed E-state index contributed by atoms with van der Waals surface area (Å²) >= 11 is 6.46. The molecule has 0 spiro atoms. The number of nitrogens with one attached hydrogen (secondary N) is 1. The number of carbonyl (C=O) groups is 3. The number of amides is 3. The van der Waals surface area contributed by atoms with Crippen LogP contribution >= 0.6 is 24.0 Å². The normalized spacial score (nSPS) is 18.1. The first-order chi connectivity index (χ1) is 14.0. The number of hydrogen-bond donors (Lipinski definition) is 1. The van der Waals surface area contributed by atoms with Gasteiger partial charge in [-0.15, -0.1) is 0 Å². The number of rotatable bonds is 8. The fourth-order valence-corrected chi connectivity index (χ4v) is 4.45. The van der Waals surface area contributed by atoms with E-state index in [0.717, 1.165) is 18.5 Å². The van der Waals surface area contributed by atoms with Gasteiger partial charge < -0.3 is 15.0 Å². The molecule has 2 saturated heterocycles. The van der Waals surface area contributed by atoms with Crippen LogP contribution in [0.1, 0.15) is 24.8 Å². The summed E-state index contributed by atoms with van der Waals surface area (Å²) in [6, 6.07) is 7.38. The number of para-hydroxylation sites is 1. The molecule has 3 amide bonds. The van der Waals surface area contributed by atoms with E-state index in [1.54, 1.807) is 13.2 Å². The van der Waals surface area contributed by atoms with Gasteiger partial charge in [0.25, 0.3) is 5.91 Å². The molecule has 9 heteroatoms. The molecule has 0 bridgehead atoms. The average Bonchev–Trinajstić information content (AvgIpc) is 3.23. The molecule has 2 aliphatic rings. The summed E-state index contributed by atoms with van der Waals surface area (Å²) in [5.41, 5.74) is 0.774. The maximum Gasteiger partial charge on any atom is 0.266 e. The lowest BCUT2D eigenvalue weighted by Gasteiger charge is -2.16. The minimum atomic E-state index is -0.288. The number of ether oxygens (including phenoxy) is 1. The maximum absolute atomic E-state index is 12.7. The third-order valence-electron chi connectivity index (χ3n) is 4.70. The highest BCUT2D eigenvalue weighted by Crippen LogP contribution is 2.33. The number of thioether (sulfide) groups is 1. The molecule has 0 atom stereocenters. The van der Waals surface area contributed by atoms with E-state index >= 15 is 0 Å². The van der Waals surface area contributed by atoms with E-state index in [9.17, 15) is 14.4 Å². The molecule has 0 radical (unpaired) electrons. The predicted octanol–water partition coefficient (Wildman–Crippen LogP) is 2.03. The third kappa shape index (κ3) is 5.36. The van der Waals surface area contributed by atoms with Crippen molar-refractivity contribution in [3.63, 3.8) is 0 Å². The highest BCUT2D eigenvalue weighted by Gasteiger charge is 2.33. The van der Waals surface area contributed by atoms with Crippen molar-refractivity contribution in [1.29, 1.82) is 0 Å². The molecule has 0 unspecified atom stereocenters. The molecule has 0 aromatic heterocycles. The van der Waals surface area contributed by atoms with Gasteiger partial charge in [0.2, 0.25) is 11.8 Å². The number of methoxy groups -OCH3 is 1. The number of benzene rings is 1. The second kappa shape index (κ2) is 9.89. The highest BCUT2D eigenvalue weighted by atomic mass is 32.2. The zero-order chi connectivity index (χ0) is 20.8.